The molecule has 28 heavy (non-hydrogen) atoms. The van der Waals surface area contributed by atoms with Gasteiger partial charge in [0.25, 0.3) is 0 Å². The average Bonchev–Trinajstić information content (AvgIpc) is 3.14. The molecule has 0 bridgehead atoms. The van der Waals surface area contributed by atoms with Crippen LogP contribution in [-0.4, -0.2) is 48.0 Å². The zero-order valence-corrected chi connectivity index (χ0v) is 16.3. The van der Waals surface area contributed by atoms with Gasteiger partial charge in [0.2, 0.25) is 5.91 Å². The van der Waals surface area contributed by atoms with Gasteiger partial charge in [0.05, 0.1) is 11.1 Å². The van der Waals surface area contributed by atoms with Crippen LogP contribution >= 0.6 is 0 Å². The first-order chi connectivity index (χ1) is 13.5. The predicted octanol–water partition coefficient (Wildman–Crippen LogP) is 2.52. The molecule has 3 heterocycles. The first-order valence-corrected chi connectivity index (χ1v) is 10.1. The van der Waals surface area contributed by atoms with Crippen molar-refractivity contribution < 1.29 is 4.79 Å². The summed E-state index contributed by atoms with van der Waals surface area (Å²) in [7, 11) is 0. The highest BCUT2D eigenvalue weighted by molar-refractivity contribution is 5.95. The zero-order chi connectivity index (χ0) is 19.7. The first kappa shape index (κ1) is 18.7. The minimum atomic E-state index is -0.193. The molecule has 1 unspecified atom stereocenters. The van der Waals surface area contributed by atoms with Crippen LogP contribution in [0.4, 0.5) is 5.69 Å². The van der Waals surface area contributed by atoms with Gasteiger partial charge in [-0.3, -0.25) is 14.7 Å². The standard InChI is InChI=1S/C22H27N5O/c1-15-9-18(26-8-6-16(13-26)10-21(24)28)14-27(12-15)20-5-4-17(11-23)22-19(20)3-2-7-25-22/h2-5,7,15-16,18H,6,8-10,12-14H2,1H3,(H2,24,28)/t15-,16?,18+/m0/s1. The minimum absolute atomic E-state index is 0.193. The number of hydrogen-bond donors (Lipinski definition) is 1. The second-order valence-electron chi connectivity index (χ2n) is 8.36. The monoisotopic (exact) mass is 377 g/mol. The van der Waals surface area contributed by atoms with E-state index in [1.807, 2.05) is 12.1 Å². The number of benzene rings is 1. The molecule has 2 fully saturated rings. The number of amides is 1. The maximum atomic E-state index is 11.3. The van der Waals surface area contributed by atoms with E-state index in [2.05, 4.69) is 39.9 Å². The summed E-state index contributed by atoms with van der Waals surface area (Å²) < 4.78 is 0. The lowest BCUT2D eigenvalue weighted by molar-refractivity contribution is -0.118. The lowest BCUT2D eigenvalue weighted by Crippen LogP contribution is -2.50. The molecule has 3 atom stereocenters. The number of likely N-dealkylation sites (tertiary alicyclic amines) is 1. The molecule has 2 aromatic rings. The molecule has 2 N–H and O–H groups in total. The van der Waals surface area contributed by atoms with Crippen LogP contribution in [0.5, 0.6) is 0 Å². The molecule has 0 saturated carbocycles. The summed E-state index contributed by atoms with van der Waals surface area (Å²) in [4.78, 5) is 20.7. The van der Waals surface area contributed by atoms with Crippen LogP contribution in [0, 0.1) is 23.2 Å². The Balaban J connectivity index is 1.57. The van der Waals surface area contributed by atoms with E-state index in [4.69, 9.17) is 5.73 Å². The summed E-state index contributed by atoms with van der Waals surface area (Å²) in [5, 5.41) is 10.5. The van der Waals surface area contributed by atoms with Crippen molar-refractivity contribution in [2.75, 3.05) is 31.1 Å². The van der Waals surface area contributed by atoms with Crippen LogP contribution in [0.2, 0.25) is 0 Å². The summed E-state index contributed by atoms with van der Waals surface area (Å²) in [6, 6.07) is 10.7. The van der Waals surface area contributed by atoms with Crippen molar-refractivity contribution in [1.82, 2.24) is 9.88 Å². The quantitative estimate of drug-likeness (QED) is 0.885. The molecule has 2 saturated heterocycles. The summed E-state index contributed by atoms with van der Waals surface area (Å²) >= 11 is 0. The summed E-state index contributed by atoms with van der Waals surface area (Å²) in [6.45, 7) is 6.28. The number of anilines is 1. The highest BCUT2D eigenvalue weighted by atomic mass is 16.1. The van der Waals surface area contributed by atoms with E-state index in [0.717, 1.165) is 49.2 Å². The van der Waals surface area contributed by atoms with Gasteiger partial charge in [-0.2, -0.15) is 5.26 Å². The van der Waals surface area contributed by atoms with Crippen molar-refractivity contribution in [2.45, 2.75) is 32.2 Å². The molecule has 2 aliphatic rings. The number of piperidine rings is 1. The third kappa shape index (κ3) is 3.67. The van der Waals surface area contributed by atoms with E-state index < -0.39 is 0 Å². The Hall–Kier alpha value is -2.65. The number of primary amides is 1. The van der Waals surface area contributed by atoms with Crippen molar-refractivity contribution in [3.63, 3.8) is 0 Å². The smallest absolute Gasteiger partial charge is 0.217 e. The minimum Gasteiger partial charge on any atom is -0.370 e. The third-order valence-corrected chi connectivity index (χ3v) is 6.17. The molecule has 1 amide bonds. The molecule has 146 valence electrons. The number of nitrogens with two attached hydrogens (primary N) is 1. The van der Waals surface area contributed by atoms with Crippen LogP contribution in [0.1, 0.15) is 31.7 Å². The number of aromatic nitrogens is 1. The van der Waals surface area contributed by atoms with Crippen molar-refractivity contribution in [2.24, 2.45) is 17.6 Å². The van der Waals surface area contributed by atoms with Gasteiger partial charge < -0.3 is 10.6 Å². The van der Waals surface area contributed by atoms with Gasteiger partial charge in [0, 0.05) is 49.4 Å². The molecule has 0 radical (unpaired) electrons. The molecule has 6 heteroatoms. The van der Waals surface area contributed by atoms with Crippen LogP contribution in [-0.2, 0) is 4.79 Å². The second kappa shape index (κ2) is 7.76. The predicted molar refractivity (Wildman–Crippen MR) is 110 cm³/mol. The Morgan fingerprint density at radius 2 is 2.18 bits per heavy atom. The maximum absolute atomic E-state index is 11.3. The van der Waals surface area contributed by atoms with Gasteiger partial charge in [0.15, 0.2) is 0 Å². The zero-order valence-electron chi connectivity index (χ0n) is 16.3. The highest BCUT2D eigenvalue weighted by Crippen LogP contribution is 2.33. The molecule has 4 rings (SSSR count). The van der Waals surface area contributed by atoms with Gasteiger partial charge in [-0.05, 0) is 55.5 Å². The number of nitriles is 1. The fourth-order valence-electron chi connectivity index (χ4n) is 4.95. The van der Waals surface area contributed by atoms with Crippen molar-refractivity contribution in [3.8, 4) is 6.07 Å². The molecule has 6 nitrogen and oxygen atoms in total. The van der Waals surface area contributed by atoms with E-state index in [9.17, 15) is 10.1 Å². The van der Waals surface area contributed by atoms with E-state index in [1.165, 1.54) is 6.42 Å². The van der Waals surface area contributed by atoms with Crippen LogP contribution < -0.4 is 10.6 Å². The average molecular weight is 377 g/mol. The number of carbonyl (C=O) groups is 1. The fraction of sp³-hybridized carbons (Fsp3) is 0.500. The van der Waals surface area contributed by atoms with Gasteiger partial charge >= 0.3 is 0 Å². The van der Waals surface area contributed by atoms with Crippen molar-refractivity contribution >= 4 is 22.5 Å². The number of pyridine rings is 1. The van der Waals surface area contributed by atoms with Gasteiger partial charge in [-0.25, -0.2) is 0 Å². The highest BCUT2D eigenvalue weighted by Gasteiger charge is 2.34. The molecule has 0 aliphatic carbocycles. The summed E-state index contributed by atoms with van der Waals surface area (Å²) in [6.07, 6.45) is 4.47. The molecule has 1 aromatic heterocycles. The Morgan fingerprint density at radius 3 is 2.96 bits per heavy atom. The van der Waals surface area contributed by atoms with Crippen LogP contribution in [0.3, 0.4) is 0 Å². The van der Waals surface area contributed by atoms with E-state index >= 15 is 0 Å². The summed E-state index contributed by atoms with van der Waals surface area (Å²) in [5.74, 6) is 0.779. The van der Waals surface area contributed by atoms with Crippen molar-refractivity contribution in [1.29, 1.82) is 5.26 Å². The Bertz CT molecular complexity index is 921. The lowest BCUT2D eigenvalue weighted by Gasteiger charge is -2.42. The number of fused-ring (bicyclic) bond motifs is 1. The van der Waals surface area contributed by atoms with Crippen LogP contribution in [0.25, 0.3) is 10.9 Å². The molecule has 0 spiro atoms. The van der Waals surface area contributed by atoms with Gasteiger partial charge in [-0.15, -0.1) is 0 Å². The second-order valence-corrected chi connectivity index (χ2v) is 8.36. The van der Waals surface area contributed by atoms with Crippen molar-refractivity contribution in [3.05, 3.63) is 36.0 Å². The number of rotatable bonds is 4. The number of hydrogen-bond acceptors (Lipinski definition) is 5. The SMILES string of the molecule is C[C@H]1C[C@@H](N2CCC(CC(N)=O)C2)CN(c2ccc(C#N)c3ncccc23)C1. The molecular formula is C22H27N5O. The van der Waals surface area contributed by atoms with Gasteiger partial charge in [-0.1, -0.05) is 6.92 Å². The third-order valence-electron chi connectivity index (χ3n) is 6.17. The van der Waals surface area contributed by atoms with E-state index in [1.54, 1.807) is 6.20 Å². The maximum Gasteiger partial charge on any atom is 0.217 e. The van der Waals surface area contributed by atoms with E-state index in [-0.39, 0.29) is 5.91 Å². The summed E-state index contributed by atoms with van der Waals surface area (Å²) in [5.41, 5.74) is 7.96. The molecule has 2 aliphatic heterocycles. The fourth-order valence-corrected chi connectivity index (χ4v) is 4.95. The molecule has 1 aromatic carbocycles. The van der Waals surface area contributed by atoms with Crippen LogP contribution in [0.15, 0.2) is 30.5 Å². The van der Waals surface area contributed by atoms with Gasteiger partial charge in [0.1, 0.15) is 6.07 Å². The normalized spacial score (nSPS) is 25.7. The first-order valence-electron chi connectivity index (χ1n) is 10.1. The Morgan fingerprint density at radius 1 is 1.32 bits per heavy atom. The number of carbonyl (C=O) groups excluding carboxylic acids is 1. The topological polar surface area (TPSA) is 86.2 Å². The Labute approximate surface area is 165 Å². The largest absolute Gasteiger partial charge is 0.370 e. The molecular weight excluding hydrogens is 350 g/mol. The lowest BCUT2D eigenvalue weighted by atomic mass is 9.93. The Kier molecular flexibility index (Phi) is 5.19. The van der Waals surface area contributed by atoms with E-state index in [0.29, 0.717) is 29.9 Å². The number of nitrogens with zero attached hydrogens (tertiary/aromatic N) is 4.